The first kappa shape index (κ1) is 16.0. The molecule has 1 atom stereocenters. The molecule has 1 aromatic rings. The van der Waals surface area contributed by atoms with E-state index in [1.807, 2.05) is 26.0 Å². The van der Waals surface area contributed by atoms with E-state index in [1.165, 1.54) is 0 Å². The highest BCUT2D eigenvalue weighted by Gasteiger charge is 2.35. The topological polar surface area (TPSA) is 37.4 Å². The van der Waals surface area contributed by atoms with Crippen LogP contribution in [0.25, 0.3) is 0 Å². The Bertz CT molecular complexity index is 571. The van der Waals surface area contributed by atoms with Crippen LogP contribution in [0.15, 0.2) is 23.1 Å². The zero-order chi connectivity index (χ0) is 14.8. The molecule has 0 aromatic heterocycles. The standard InChI is InChI=1S/C15H22BrNO2S/c1-12-7-8-15(13(2)11-12)20(18,19)17-10-4-6-14(17)5-3-9-16/h7-8,11,14H,3-6,9-10H2,1-2H3. The summed E-state index contributed by atoms with van der Waals surface area (Å²) in [5.41, 5.74) is 1.94. The molecule has 0 amide bonds. The van der Waals surface area contributed by atoms with Crippen molar-refractivity contribution in [3.8, 4) is 0 Å². The Hall–Kier alpha value is -0.390. The molecule has 1 fully saturated rings. The molecular weight excluding hydrogens is 338 g/mol. The average molecular weight is 360 g/mol. The molecule has 0 saturated carbocycles. The summed E-state index contributed by atoms with van der Waals surface area (Å²) in [6.45, 7) is 4.52. The van der Waals surface area contributed by atoms with E-state index < -0.39 is 10.0 Å². The Kier molecular flexibility index (Phi) is 5.26. The molecule has 20 heavy (non-hydrogen) atoms. The molecule has 5 heteroatoms. The van der Waals surface area contributed by atoms with Gasteiger partial charge in [-0.3, -0.25) is 0 Å². The predicted molar refractivity (Wildman–Crippen MR) is 85.9 cm³/mol. The molecule has 1 saturated heterocycles. The molecule has 1 heterocycles. The Morgan fingerprint density at radius 1 is 1.35 bits per heavy atom. The lowest BCUT2D eigenvalue weighted by Crippen LogP contribution is -2.35. The summed E-state index contributed by atoms with van der Waals surface area (Å²) in [4.78, 5) is 0.467. The molecule has 0 aliphatic carbocycles. The number of alkyl halides is 1. The van der Waals surface area contributed by atoms with Gasteiger partial charge in [0.1, 0.15) is 0 Å². The van der Waals surface area contributed by atoms with Gasteiger partial charge in [0.15, 0.2) is 0 Å². The van der Waals surface area contributed by atoms with Crippen molar-refractivity contribution in [2.75, 3.05) is 11.9 Å². The Labute approximate surface area is 130 Å². The van der Waals surface area contributed by atoms with Gasteiger partial charge in [-0.25, -0.2) is 8.42 Å². The second-order valence-corrected chi connectivity index (χ2v) is 8.16. The highest BCUT2D eigenvalue weighted by Crippen LogP contribution is 2.30. The number of hydrogen-bond donors (Lipinski definition) is 0. The van der Waals surface area contributed by atoms with Crippen LogP contribution >= 0.6 is 15.9 Å². The first-order chi connectivity index (χ1) is 9.46. The van der Waals surface area contributed by atoms with Crippen LogP contribution in [0.4, 0.5) is 0 Å². The summed E-state index contributed by atoms with van der Waals surface area (Å²) in [6, 6.07) is 5.73. The van der Waals surface area contributed by atoms with Crippen LogP contribution in [0.5, 0.6) is 0 Å². The zero-order valence-electron chi connectivity index (χ0n) is 12.1. The predicted octanol–water partition coefficient (Wildman–Crippen LogP) is 3.63. The van der Waals surface area contributed by atoms with Crippen molar-refractivity contribution in [3.63, 3.8) is 0 Å². The summed E-state index contributed by atoms with van der Waals surface area (Å²) in [5, 5.41) is 0.931. The average Bonchev–Trinajstić information content (AvgIpc) is 2.84. The molecule has 1 aliphatic heterocycles. The van der Waals surface area contributed by atoms with Crippen molar-refractivity contribution in [3.05, 3.63) is 29.3 Å². The number of rotatable bonds is 5. The maximum Gasteiger partial charge on any atom is 0.243 e. The van der Waals surface area contributed by atoms with E-state index in [4.69, 9.17) is 0 Å². The number of halogens is 1. The first-order valence-electron chi connectivity index (χ1n) is 7.12. The van der Waals surface area contributed by atoms with Crippen LogP contribution in [0.1, 0.15) is 36.8 Å². The first-order valence-corrected chi connectivity index (χ1v) is 9.68. The van der Waals surface area contributed by atoms with Gasteiger partial charge in [-0.2, -0.15) is 4.31 Å². The number of sulfonamides is 1. The normalized spacial score (nSPS) is 20.4. The molecule has 0 radical (unpaired) electrons. The van der Waals surface area contributed by atoms with Gasteiger partial charge in [-0.1, -0.05) is 33.6 Å². The largest absolute Gasteiger partial charge is 0.243 e. The minimum atomic E-state index is -3.35. The minimum absolute atomic E-state index is 0.165. The molecule has 3 nitrogen and oxygen atoms in total. The Balaban J connectivity index is 2.29. The highest BCUT2D eigenvalue weighted by atomic mass is 79.9. The van der Waals surface area contributed by atoms with E-state index >= 15 is 0 Å². The fraction of sp³-hybridized carbons (Fsp3) is 0.600. The van der Waals surface area contributed by atoms with Crippen LogP contribution in [0.2, 0.25) is 0 Å². The third-order valence-corrected chi connectivity index (χ3v) is 6.58. The number of hydrogen-bond acceptors (Lipinski definition) is 2. The second-order valence-electron chi connectivity index (χ2n) is 5.51. The van der Waals surface area contributed by atoms with Crippen LogP contribution in [0.3, 0.4) is 0 Å². The lowest BCUT2D eigenvalue weighted by Gasteiger charge is -2.24. The fourth-order valence-electron chi connectivity index (χ4n) is 2.94. The molecule has 1 aliphatic rings. The van der Waals surface area contributed by atoms with Crippen LogP contribution in [-0.4, -0.2) is 30.6 Å². The molecule has 0 bridgehead atoms. The second kappa shape index (κ2) is 6.58. The van der Waals surface area contributed by atoms with Gasteiger partial charge >= 0.3 is 0 Å². The fourth-order valence-corrected chi connectivity index (χ4v) is 5.20. The van der Waals surface area contributed by atoms with E-state index in [-0.39, 0.29) is 6.04 Å². The third kappa shape index (κ3) is 3.26. The van der Waals surface area contributed by atoms with E-state index in [1.54, 1.807) is 10.4 Å². The van der Waals surface area contributed by atoms with Crippen LogP contribution < -0.4 is 0 Å². The monoisotopic (exact) mass is 359 g/mol. The molecule has 112 valence electrons. The summed E-state index contributed by atoms with van der Waals surface area (Å²) >= 11 is 3.42. The number of benzene rings is 1. The summed E-state index contributed by atoms with van der Waals surface area (Å²) < 4.78 is 27.4. The van der Waals surface area contributed by atoms with Crippen molar-refractivity contribution in [1.82, 2.24) is 4.31 Å². The lowest BCUT2D eigenvalue weighted by molar-refractivity contribution is 0.369. The van der Waals surface area contributed by atoms with Gasteiger partial charge < -0.3 is 0 Å². The molecule has 1 aromatic carbocycles. The molecule has 0 N–H and O–H groups in total. The zero-order valence-corrected chi connectivity index (χ0v) is 14.5. The molecule has 1 unspecified atom stereocenters. The van der Waals surface area contributed by atoms with Gasteiger partial charge in [0.05, 0.1) is 4.90 Å². The van der Waals surface area contributed by atoms with Gasteiger partial charge in [0.2, 0.25) is 10.0 Å². The summed E-state index contributed by atoms with van der Waals surface area (Å²) in [7, 11) is -3.35. The summed E-state index contributed by atoms with van der Waals surface area (Å²) in [6.07, 6.45) is 3.91. The molecular formula is C15H22BrNO2S. The number of nitrogens with zero attached hydrogens (tertiary/aromatic N) is 1. The third-order valence-electron chi connectivity index (χ3n) is 3.91. The van der Waals surface area contributed by atoms with Crippen molar-refractivity contribution < 1.29 is 8.42 Å². The summed E-state index contributed by atoms with van der Waals surface area (Å²) in [5.74, 6) is 0. The van der Waals surface area contributed by atoms with E-state index in [0.29, 0.717) is 11.4 Å². The maximum absolute atomic E-state index is 12.9. The van der Waals surface area contributed by atoms with Crippen molar-refractivity contribution in [2.24, 2.45) is 0 Å². The lowest BCUT2D eigenvalue weighted by atomic mass is 10.1. The van der Waals surface area contributed by atoms with Gasteiger partial charge in [0.25, 0.3) is 0 Å². The number of aryl methyl sites for hydroxylation is 2. The van der Waals surface area contributed by atoms with Gasteiger partial charge in [-0.15, -0.1) is 0 Å². The van der Waals surface area contributed by atoms with Crippen LogP contribution in [-0.2, 0) is 10.0 Å². The van der Waals surface area contributed by atoms with Gasteiger partial charge in [-0.05, 0) is 51.2 Å². The Morgan fingerprint density at radius 2 is 2.10 bits per heavy atom. The molecule has 0 spiro atoms. The maximum atomic E-state index is 12.9. The molecule has 2 rings (SSSR count). The van der Waals surface area contributed by atoms with Crippen molar-refractivity contribution in [2.45, 2.75) is 50.5 Å². The quantitative estimate of drug-likeness (QED) is 0.752. The van der Waals surface area contributed by atoms with E-state index in [0.717, 1.165) is 42.1 Å². The van der Waals surface area contributed by atoms with Gasteiger partial charge in [0, 0.05) is 17.9 Å². The van der Waals surface area contributed by atoms with Crippen LogP contribution in [0, 0.1) is 13.8 Å². The highest BCUT2D eigenvalue weighted by molar-refractivity contribution is 9.09. The van der Waals surface area contributed by atoms with E-state index in [9.17, 15) is 8.42 Å². The van der Waals surface area contributed by atoms with E-state index in [2.05, 4.69) is 15.9 Å². The SMILES string of the molecule is Cc1ccc(S(=O)(=O)N2CCCC2CCCBr)c(C)c1. The van der Waals surface area contributed by atoms with Crippen molar-refractivity contribution in [1.29, 1.82) is 0 Å². The Morgan fingerprint density at radius 3 is 2.75 bits per heavy atom. The van der Waals surface area contributed by atoms with Crippen molar-refractivity contribution >= 4 is 26.0 Å². The smallest absolute Gasteiger partial charge is 0.207 e. The minimum Gasteiger partial charge on any atom is -0.207 e.